The Kier molecular flexibility index (Phi) is 3.44. The highest BCUT2D eigenvalue weighted by molar-refractivity contribution is 5.52. The van der Waals surface area contributed by atoms with Crippen LogP contribution in [0.25, 0.3) is 0 Å². The average Bonchev–Trinajstić information content (AvgIpc) is 2.61. The van der Waals surface area contributed by atoms with E-state index in [1.54, 1.807) is 6.33 Å². The second-order valence-corrected chi connectivity index (χ2v) is 6.01. The van der Waals surface area contributed by atoms with E-state index in [-0.39, 0.29) is 0 Å². The quantitative estimate of drug-likeness (QED) is 0.847. The Bertz CT molecular complexity index is 455. The van der Waals surface area contributed by atoms with Crippen LogP contribution in [0.5, 0.6) is 0 Å². The standard InChI is InChI=1S/C15H23N3O/c1-2-8-15(19)9-18(10-15)14-12-6-4-3-5-7-13(12)16-11-17-14/h11,19H,2-10H2,1H3. The SMILES string of the molecule is CCCC1(O)CN(c2ncnc3c2CCCCC3)C1. The number of nitrogens with zero attached hydrogens (tertiary/aromatic N) is 3. The molecule has 3 rings (SSSR count). The van der Waals surface area contributed by atoms with E-state index >= 15 is 0 Å². The zero-order valence-corrected chi connectivity index (χ0v) is 11.7. The van der Waals surface area contributed by atoms with Crippen LogP contribution in [-0.2, 0) is 12.8 Å². The number of aliphatic hydroxyl groups is 1. The summed E-state index contributed by atoms with van der Waals surface area (Å²) >= 11 is 0. The minimum atomic E-state index is -0.489. The third kappa shape index (κ3) is 2.46. The Balaban J connectivity index is 1.79. The summed E-state index contributed by atoms with van der Waals surface area (Å²) in [5, 5.41) is 10.3. The number of aryl methyl sites for hydroxylation is 1. The highest BCUT2D eigenvalue weighted by atomic mass is 16.3. The number of aromatic nitrogens is 2. The van der Waals surface area contributed by atoms with Crippen LogP contribution in [0.1, 0.15) is 50.3 Å². The van der Waals surface area contributed by atoms with Crippen molar-refractivity contribution in [2.24, 2.45) is 0 Å². The third-order valence-corrected chi connectivity index (χ3v) is 4.34. The van der Waals surface area contributed by atoms with Crippen molar-refractivity contribution in [1.29, 1.82) is 0 Å². The molecule has 2 aliphatic rings. The topological polar surface area (TPSA) is 49.2 Å². The molecule has 4 heteroatoms. The molecule has 0 atom stereocenters. The van der Waals surface area contributed by atoms with E-state index in [9.17, 15) is 5.11 Å². The van der Waals surface area contributed by atoms with Crippen LogP contribution in [-0.4, -0.2) is 33.8 Å². The van der Waals surface area contributed by atoms with Gasteiger partial charge in [-0.1, -0.05) is 19.8 Å². The zero-order valence-electron chi connectivity index (χ0n) is 11.7. The van der Waals surface area contributed by atoms with Crippen LogP contribution < -0.4 is 4.90 Å². The van der Waals surface area contributed by atoms with Gasteiger partial charge in [0.1, 0.15) is 12.1 Å². The summed E-state index contributed by atoms with van der Waals surface area (Å²) in [5.74, 6) is 1.08. The van der Waals surface area contributed by atoms with E-state index in [2.05, 4.69) is 21.8 Å². The van der Waals surface area contributed by atoms with E-state index in [0.717, 1.165) is 44.6 Å². The van der Waals surface area contributed by atoms with E-state index in [1.807, 2.05) is 0 Å². The normalized spacial score (nSPS) is 21.5. The molecule has 0 radical (unpaired) electrons. The molecule has 0 saturated carbocycles. The lowest BCUT2D eigenvalue weighted by Crippen LogP contribution is -2.62. The zero-order chi connectivity index (χ0) is 13.3. The molecule has 4 nitrogen and oxygen atoms in total. The summed E-state index contributed by atoms with van der Waals surface area (Å²) in [6.45, 7) is 3.58. The van der Waals surface area contributed by atoms with Crippen LogP contribution in [0, 0.1) is 0 Å². The van der Waals surface area contributed by atoms with Gasteiger partial charge in [-0.2, -0.15) is 0 Å². The summed E-state index contributed by atoms with van der Waals surface area (Å²) in [5.41, 5.74) is 2.07. The Morgan fingerprint density at radius 1 is 1.21 bits per heavy atom. The molecule has 1 aliphatic carbocycles. The molecule has 1 aromatic heterocycles. The molecule has 104 valence electrons. The molecule has 1 N–H and O–H groups in total. The van der Waals surface area contributed by atoms with Gasteiger partial charge in [-0.25, -0.2) is 9.97 Å². The summed E-state index contributed by atoms with van der Waals surface area (Å²) < 4.78 is 0. The third-order valence-electron chi connectivity index (χ3n) is 4.34. The van der Waals surface area contributed by atoms with Crippen LogP contribution in [0.15, 0.2) is 6.33 Å². The highest BCUT2D eigenvalue weighted by Gasteiger charge is 2.41. The van der Waals surface area contributed by atoms with E-state index < -0.39 is 5.60 Å². The molecule has 1 aliphatic heterocycles. The highest BCUT2D eigenvalue weighted by Crippen LogP contribution is 2.34. The predicted molar refractivity (Wildman–Crippen MR) is 75.4 cm³/mol. The fourth-order valence-electron chi connectivity index (χ4n) is 3.39. The summed E-state index contributed by atoms with van der Waals surface area (Å²) in [7, 11) is 0. The van der Waals surface area contributed by atoms with Crippen LogP contribution >= 0.6 is 0 Å². The molecular weight excluding hydrogens is 238 g/mol. The molecule has 0 unspecified atom stereocenters. The van der Waals surface area contributed by atoms with Gasteiger partial charge in [0.15, 0.2) is 0 Å². The van der Waals surface area contributed by atoms with Crippen LogP contribution in [0.4, 0.5) is 5.82 Å². The second-order valence-electron chi connectivity index (χ2n) is 6.01. The molecule has 1 fully saturated rings. The van der Waals surface area contributed by atoms with E-state index in [1.165, 1.54) is 30.5 Å². The van der Waals surface area contributed by atoms with Crippen molar-refractivity contribution in [2.45, 2.75) is 57.5 Å². The Morgan fingerprint density at radius 3 is 2.79 bits per heavy atom. The van der Waals surface area contributed by atoms with Crippen molar-refractivity contribution >= 4 is 5.82 Å². The van der Waals surface area contributed by atoms with Gasteiger partial charge in [0.25, 0.3) is 0 Å². The van der Waals surface area contributed by atoms with Gasteiger partial charge in [-0.05, 0) is 32.1 Å². The fourth-order valence-corrected chi connectivity index (χ4v) is 3.39. The fraction of sp³-hybridized carbons (Fsp3) is 0.733. The van der Waals surface area contributed by atoms with E-state index in [4.69, 9.17) is 0 Å². The Labute approximate surface area is 114 Å². The lowest BCUT2D eigenvalue weighted by molar-refractivity contribution is 0.00283. The maximum atomic E-state index is 10.3. The predicted octanol–water partition coefficient (Wildman–Crippen LogP) is 2.10. The van der Waals surface area contributed by atoms with Gasteiger partial charge in [-0.3, -0.25) is 0 Å². The molecule has 0 bridgehead atoms. The molecule has 0 amide bonds. The lowest BCUT2D eigenvalue weighted by Gasteiger charge is -2.47. The molecule has 0 spiro atoms. The van der Waals surface area contributed by atoms with Crippen molar-refractivity contribution in [3.8, 4) is 0 Å². The smallest absolute Gasteiger partial charge is 0.135 e. The molecular formula is C15H23N3O. The number of anilines is 1. The molecule has 1 aromatic rings. The Hall–Kier alpha value is -1.16. The summed E-state index contributed by atoms with van der Waals surface area (Å²) in [6.07, 6.45) is 9.55. The minimum Gasteiger partial charge on any atom is -0.386 e. The van der Waals surface area contributed by atoms with Crippen molar-refractivity contribution in [3.05, 3.63) is 17.6 Å². The number of β-amino-alcohol motifs (C(OH)–C–C–N with tert-alkyl or cyclic N) is 1. The van der Waals surface area contributed by atoms with Crippen LogP contribution in [0.2, 0.25) is 0 Å². The maximum absolute atomic E-state index is 10.3. The first-order valence-electron chi connectivity index (χ1n) is 7.52. The number of hydrogen-bond acceptors (Lipinski definition) is 4. The number of hydrogen-bond donors (Lipinski definition) is 1. The molecule has 0 aromatic carbocycles. The molecule has 19 heavy (non-hydrogen) atoms. The number of rotatable bonds is 3. The first-order valence-corrected chi connectivity index (χ1v) is 7.52. The number of fused-ring (bicyclic) bond motifs is 1. The summed E-state index contributed by atoms with van der Waals surface area (Å²) in [4.78, 5) is 11.2. The van der Waals surface area contributed by atoms with Gasteiger partial charge in [0, 0.05) is 24.3 Å². The lowest BCUT2D eigenvalue weighted by atomic mass is 9.88. The first kappa shape index (κ1) is 12.9. The molecule has 1 saturated heterocycles. The average molecular weight is 261 g/mol. The van der Waals surface area contributed by atoms with Crippen LogP contribution in [0.3, 0.4) is 0 Å². The Morgan fingerprint density at radius 2 is 2.00 bits per heavy atom. The summed E-state index contributed by atoms with van der Waals surface area (Å²) in [6, 6.07) is 0. The maximum Gasteiger partial charge on any atom is 0.135 e. The minimum absolute atomic E-state index is 0.489. The van der Waals surface area contributed by atoms with Gasteiger partial charge in [-0.15, -0.1) is 0 Å². The molecule has 2 heterocycles. The van der Waals surface area contributed by atoms with Crippen molar-refractivity contribution in [3.63, 3.8) is 0 Å². The van der Waals surface area contributed by atoms with Gasteiger partial charge in [0.05, 0.1) is 5.60 Å². The van der Waals surface area contributed by atoms with Gasteiger partial charge in [0.2, 0.25) is 0 Å². The van der Waals surface area contributed by atoms with Crippen molar-refractivity contribution < 1.29 is 5.11 Å². The van der Waals surface area contributed by atoms with Gasteiger partial charge < -0.3 is 10.0 Å². The van der Waals surface area contributed by atoms with Gasteiger partial charge >= 0.3 is 0 Å². The first-order chi connectivity index (χ1) is 9.22. The second kappa shape index (κ2) is 5.08. The monoisotopic (exact) mass is 261 g/mol. The van der Waals surface area contributed by atoms with E-state index in [0.29, 0.717) is 0 Å². The van der Waals surface area contributed by atoms with Crippen molar-refractivity contribution in [2.75, 3.05) is 18.0 Å². The largest absolute Gasteiger partial charge is 0.386 e. The van der Waals surface area contributed by atoms with Crippen molar-refractivity contribution in [1.82, 2.24) is 9.97 Å².